The van der Waals surface area contributed by atoms with Crippen LogP contribution in [0, 0.1) is 0 Å². The van der Waals surface area contributed by atoms with Gasteiger partial charge >= 0.3 is 0 Å². The highest BCUT2D eigenvalue weighted by Crippen LogP contribution is 2.18. The van der Waals surface area contributed by atoms with Crippen LogP contribution in [0.4, 0.5) is 0 Å². The van der Waals surface area contributed by atoms with Gasteiger partial charge in [-0.25, -0.2) is 4.98 Å². The van der Waals surface area contributed by atoms with Gasteiger partial charge in [-0.3, -0.25) is 9.78 Å². The fraction of sp³-hybridized carbons (Fsp3) is 0.188. The number of hydrogen-bond acceptors (Lipinski definition) is 4. The molecule has 3 rings (SSSR count). The third-order valence-electron chi connectivity index (χ3n) is 3.45. The van der Waals surface area contributed by atoms with Crippen molar-refractivity contribution in [2.45, 2.75) is 13.2 Å². The minimum atomic E-state index is -0.237. The van der Waals surface area contributed by atoms with Gasteiger partial charge in [0.15, 0.2) is 0 Å². The second-order valence-electron chi connectivity index (χ2n) is 5.21. The van der Waals surface area contributed by atoms with Crippen LogP contribution < -0.4 is 0 Å². The molecule has 23 heavy (non-hydrogen) atoms. The second kappa shape index (κ2) is 6.36. The van der Waals surface area contributed by atoms with Crippen LogP contribution in [0.5, 0.6) is 0 Å². The summed E-state index contributed by atoms with van der Waals surface area (Å²) in [6.45, 7) is 0.188. The van der Waals surface area contributed by atoms with E-state index in [4.69, 9.17) is 16.7 Å². The molecule has 0 spiro atoms. The molecule has 7 heteroatoms. The van der Waals surface area contributed by atoms with Gasteiger partial charge in [0.05, 0.1) is 24.2 Å². The largest absolute Gasteiger partial charge is 0.392 e. The van der Waals surface area contributed by atoms with Gasteiger partial charge in [-0.1, -0.05) is 11.6 Å². The predicted octanol–water partition coefficient (Wildman–Crippen LogP) is 2.38. The molecule has 2 heterocycles. The van der Waals surface area contributed by atoms with Crippen LogP contribution in [0.3, 0.4) is 0 Å². The van der Waals surface area contributed by atoms with Crippen LogP contribution >= 0.6 is 11.6 Å². The first kappa shape index (κ1) is 15.5. The lowest BCUT2D eigenvalue weighted by atomic mass is 10.2. The molecule has 0 saturated heterocycles. The topological polar surface area (TPSA) is 82.1 Å². The summed E-state index contributed by atoms with van der Waals surface area (Å²) in [7, 11) is 1.68. The van der Waals surface area contributed by atoms with Crippen molar-refractivity contribution in [1.82, 2.24) is 19.9 Å². The number of amides is 1. The molecule has 0 fully saturated rings. The first-order chi connectivity index (χ1) is 11.1. The number of nitrogens with one attached hydrogen (secondary N) is 1. The minimum Gasteiger partial charge on any atom is -0.392 e. The smallest absolute Gasteiger partial charge is 0.272 e. The van der Waals surface area contributed by atoms with Crippen molar-refractivity contribution >= 4 is 28.5 Å². The first-order valence-corrected chi connectivity index (χ1v) is 7.40. The van der Waals surface area contributed by atoms with Gasteiger partial charge in [-0.2, -0.15) is 0 Å². The molecule has 0 radical (unpaired) electrons. The molecule has 0 aliphatic rings. The number of nitrogens with zero attached hydrogens (tertiary/aromatic N) is 3. The SMILES string of the molecule is CN(Cc1nc2ccc(Cl)cc2[nH]1)C(=O)c1cc(CO)ccn1. The van der Waals surface area contributed by atoms with E-state index in [1.807, 2.05) is 6.07 Å². The number of carbonyl (C=O) groups is 1. The van der Waals surface area contributed by atoms with Gasteiger partial charge in [0.25, 0.3) is 5.91 Å². The fourth-order valence-corrected chi connectivity index (χ4v) is 2.46. The van der Waals surface area contributed by atoms with Crippen LogP contribution in [0.25, 0.3) is 11.0 Å². The summed E-state index contributed by atoms with van der Waals surface area (Å²) < 4.78 is 0. The Labute approximate surface area is 137 Å². The third-order valence-corrected chi connectivity index (χ3v) is 3.69. The summed E-state index contributed by atoms with van der Waals surface area (Å²) >= 11 is 5.95. The summed E-state index contributed by atoms with van der Waals surface area (Å²) in [6, 6.07) is 8.64. The van der Waals surface area contributed by atoms with Gasteiger partial charge < -0.3 is 15.0 Å². The van der Waals surface area contributed by atoms with Crippen LogP contribution in [0.1, 0.15) is 21.9 Å². The van der Waals surface area contributed by atoms with Crippen molar-refractivity contribution in [3.63, 3.8) is 0 Å². The maximum atomic E-state index is 12.4. The lowest BCUT2D eigenvalue weighted by Crippen LogP contribution is -2.27. The van der Waals surface area contributed by atoms with Crippen molar-refractivity contribution < 1.29 is 9.90 Å². The van der Waals surface area contributed by atoms with Crippen LogP contribution in [-0.4, -0.2) is 37.9 Å². The number of H-pyrrole nitrogens is 1. The van der Waals surface area contributed by atoms with E-state index in [1.165, 1.54) is 11.1 Å². The highest BCUT2D eigenvalue weighted by atomic mass is 35.5. The monoisotopic (exact) mass is 330 g/mol. The number of fused-ring (bicyclic) bond motifs is 1. The summed E-state index contributed by atoms with van der Waals surface area (Å²) in [5.41, 5.74) is 2.56. The Bertz CT molecular complexity index is 862. The molecule has 0 unspecified atom stereocenters. The number of aliphatic hydroxyl groups is 1. The lowest BCUT2D eigenvalue weighted by molar-refractivity contribution is 0.0776. The Morgan fingerprint density at radius 1 is 1.35 bits per heavy atom. The lowest BCUT2D eigenvalue weighted by Gasteiger charge is -2.15. The standard InChI is InChI=1S/C16H15ClN4O2/c1-21(16(23)14-6-10(9-22)4-5-18-14)8-15-19-12-3-2-11(17)7-13(12)20-15/h2-7,22H,8-9H2,1H3,(H,19,20). The van der Waals surface area contributed by atoms with Crippen LogP contribution in [0.2, 0.25) is 5.02 Å². The molecule has 0 bridgehead atoms. The van der Waals surface area contributed by atoms with Gasteiger partial charge in [0.2, 0.25) is 0 Å². The van der Waals surface area contributed by atoms with E-state index in [2.05, 4.69) is 15.0 Å². The Hall–Kier alpha value is -2.44. The summed E-state index contributed by atoms with van der Waals surface area (Å²) in [5.74, 6) is 0.426. The van der Waals surface area contributed by atoms with Crippen LogP contribution in [0.15, 0.2) is 36.5 Å². The van der Waals surface area contributed by atoms with E-state index >= 15 is 0 Å². The maximum Gasteiger partial charge on any atom is 0.272 e. The van der Waals surface area contributed by atoms with Gasteiger partial charge in [0.1, 0.15) is 11.5 Å². The quantitative estimate of drug-likeness (QED) is 0.769. The molecule has 1 amide bonds. The maximum absolute atomic E-state index is 12.4. The molecule has 1 aromatic carbocycles. The van der Waals surface area contributed by atoms with E-state index in [0.717, 1.165) is 11.0 Å². The van der Waals surface area contributed by atoms with E-state index in [0.29, 0.717) is 28.6 Å². The van der Waals surface area contributed by atoms with E-state index in [-0.39, 0.29) is 12.5 Å². The number of rotatable bonds is 4. The van der Waals surface area contributed by atoms with E-state index in [1.54, 1.807) is 31.3 Å². The van der Waals surface area contributed by atoms with Crippen molar-refractivity contribution in [2.75, 3.05) is 7.05 Å². The number of imidazole rings is 1. The van der Waals surface area contributed by atoms with Gasteiger partial charge in [0, 0.05) is 18.3 Å². The zero-order chi connectivity index (χ0) is 16.4. The summed E-state index contributed by atoms with van der Waals surface area (Å²) in [5, 5.41) is 9.77. The zero-order valence-corrected chi connectivity index (χ0v) is 13.2. The summed E-state index contributed by atoms with van der Waals surface area (Å²) in [6.07, 6.45) is 1.51. The number of aliphatic hydroxyl groups excluding tert-OH is 1. The van der Waals surface area contributed by atoms with E-state index < -0.39 is 0 Å². The average Bonchev–Trinajstić information content (AvgIpc) is 2.95. The highest BCUT2D eigenvalue weighted by molar-refractivity contribution is 6.31. The molecule has 0 saturated carbocycles. The molecule has 0 aliphatic carbocycles. The predicted molar refractivity (Wildman–Crippen MR) is 87.1 cm³/mol. The molecule has 0 aliphatic heterocycles. The van der Waals surface area contributed by atoms with Crippen molar-refractivity contribution in [3.8, 4) is 0 Å². The van der Waals surface area contributed by atoms with Crippen molar-refractivity contribution in [1.29, 1.82) is 0 Å². The zero-order valence-electron chi connectivity index (χ0n) is 12.5. The number of carbonyl (C=O) groups excluding carboxylic acids is 1. The Morgan fingerprint density at radius 3 is 2.96 bits per heavy atom. The first-order valence-electron chi connectivity index (χ1n) is 7.02. The fourth-order valence-electron chi connectivity index (χ4n) is 2.29. The van der Waals surface area contributed by atoms with E-state index in [9.17, 15) is 4.79 Å². The number of aromatic amines is 1. The number of pyridine rings is 1. The number of aromatic nitrogens is 3. The van der Waals surface area contributed by atoms with Gasteiger partial charge in [-0.05, 0) is 35.9 Å². The molecule has 2 N–H and O–H groups in total. The van der Waals surface area contributed by atoms with Crippen molar-refractivity contribution in [3.05, 3.63) is 58.6 Å². The molecular weight excluding hydrogens is 316 g/mol. The second-order valence-corrected chi connectivity index (χ2v) is 5.65. The molecule has 2 aromatic heterocycles. The van der Waals surface area contributed by atoms with Crippen molar-refractivity contribution in [2.24, 2.45) is 0 Å². The highest BCUT2D eigenvalue weighted by Gasteiger charge is 2.15. The Kier molecular flexibility index (Phi) is 4.27. The molecular formula is C16H15ClN4O2. The molecule has 3 aromatic rings. The third kappa shape index (κ3) is 3.33. The van der Waals surface area contributed by atoms with Crippen LogP contribution in [-0.2, 0) is 13.2 Å². The number of hydrogen-bond donors (Lipinski definition) is 2. The van der Waals surface area contributed by atoms with Gasteiger partial charge in [-0.15, -0.1) is 0 Å². The molecule has 118 valence electrons. The summed E-state index contributed by atoms with van der Waals surface area (Å²) in [4.78, 5) is 25.6. The Morgan fingerprint density at radius 2 is 2.17 bits per heavy atom. The number of halogens is 1. The minimum absolute atomic E-state index is 0.128. The average molecular weight is 331 g/mol. The molecule has 0 atom stereocenters. The molecule has 6 nitrogen and oxygen atoms in total. The normalized spacial score (nSPS) is 10.9. The Balaban J connectivity index is 1.79. The number of benzene rings is 1.